The molecule has 0 spiro atoms. The normalized spacial score (nSPS) is 19.1. The fourth-order valence-electron chi connectivity index (χ4n) is 4.69. The van der Waals surface area contributed by atoms with Crippen LogP contribution in [0.4, 0.5) is 0 Å². The Labute approximate surface area is 210 Å². The number of rotatable bonds is 6. The van der Waals surface area contributed by atoms with Gasteiger partial charge in [-0.1, -0.05) is 48.0 Å². The van der Waals surface area contributed by atoms with E-state index in [1.807, 2.05) is 19.1 Å². The largest absolute Gasteiger partial charge is 0.412 e. The van der Waals surface area contributed by atoms with E-state index in [9.17, 15) is 13.2 Å². The van der Waals surface area contributed by atoms with E-state index in [-0.39, 0.29) is 21.7 Å². The number of aryl methyl sites for hydroxylation is 1. The summed E-state index contributed by atoms with van der Waals surface area (Å²) >= 11 is 0. The number of fused-ring (bicyclic) bond motifs is 1. The van der Waals surface area contributed by atoms with Gasteiger partial charge in [-0.3, -0.25) is 9.79 Å². The van der Waals surface area contributed by atoms with Gasteiger partial charge >= 0.3 is 10.1 Å². The standard InChI is InChI=1S/C27H27N3O4S.H2O/c1-17-7-13-21(14-8-17)35(32,33)34-26-22-5-2-6-23(27(28)31)25(22)30-24(26)19-11-9-18(10-12-19)20-4-3-15-29-16-20;/h2,5-14,20,24,29H,3-4,15-16H2,1H3,(H2,28,31);1H2/t20-,24?;/m1./s1. The van der Waals surface area contributed by atoms with Gasteiger partial charge in [0.15, 0.2) is 5.76 Å². The van der Waals surface area contributed by atoms with Crippen molar-refractivity contribution < 1.29 is 22.9 Å². The number of hydrogen-bond donors (Lipinski definition) is 2. The predicted octanol–water partition coefficient (Wildman–Crippen LogP) is 1.62. The Kier molecular flexibility index (Phi) is 7.26. The summed E-state index contributed by atoms with van der Waals surface area (Å²) in [6, 6.07) is 18.7. The average molecular weight is 508 g/mol. The third kappa shape index (κ3) is 4.90. The number of amides is 1. The van der Waals surface area contributed by atoms with Crippen molar-refractivity contribution in [3.8, 4) is 0 Å². The van der Waals surface area contributed by atoms with E-state index in [1.165, 1.54) is 17.7 Å². The van der Waals surface area contributed by atoms with Crippen molar-refractivity contribution in [1.29, 1.82) is 0 Å². The number of nitrogens with two attached hydrogens (primary N) is 1. The van der Waals surface area contributed by atoms with E-state index in [0.29, 0.717) is 16.5 Å². The van der Waals surface area contributed by atoms with Crippen LogP contribution in [-0.4, -0.2) is 32.9 Å². The number of nitrogens with zero attached hydrogens (tertiary/aromatic N) is 1. The fraction of sp³-hybridized carbons (Fsp3) is 0.259. The quantitative estimate of drug-likeness (QED) is 0.488. The predicted molar refractivity (Wildman–Crippen MR) is 136 cm³/mol. The Bertz CT molecular complexity index is 1490. The molecule has 5 rings (SSSR count). The highest BCUT2D eigenvalue weighted by molar-refractivity contribution is 7.87. The molecule has 0 saturated carbocycles. The number of primary amides is 1. The van der Waals surface area contributed by atoms with Crippen LogP contribution in [0.3, 0.4) is 0 Å². The zero-order chi connectivity index (χ0) is 24.6. The molecule has 0 bridgehead atoms. The van der Waals surface area contributed by atoms with Crippen molar-refractivity contribution in [2.45, 2.75) is 36.6 Å². The highest BCUT2D eigenvalue weighted by Gasteiger charge is 2.30. The van der Waals surface area contributed by atoms with Crippen molar-refractivity contribution in [3.63, 3.8) is 0 Å². The fourth-order valence-corrected chi connectivity index (χ4v) is 5.67. The molecule has 0 aromatic heterocycles. The zero-order valence-corrected chi connectivity index (χ0v) is 20.7. The molecule has 188 valence electrons. The van der Waals surface area contributed by atoms with Crippen LogP contribution in [0.15, 0.2) is 76.6 Å². The van der Waals surface area contributed by atoms with Gasteiger partial charge < -0.3 is 20.7 Å². The average Bonchev–Trinajstić information content (AvgIpc) is 3.22. The molecule has 8 nitrogen and oxygen atoms in total. The third-order valence-corrected chi connectivity index (χ3v) is 7.85. The molecule has 1 amide bonds. The smallest absolute Gasteiger partial charge is 0.339 e. The second-order valence-electron chi connectivity index (χ2n) is 9.02. The molecule has 5 N–H and O–H groups in total. The third-order valence-electron chi connectivity index (χ3n) is 6.60. The first kappa shape index (κ1) is 25.6. The summed E-state index contributed by atoms with van der Waals surface area (Å²) in [4.78, 5) is 16.8. The van der Waals surface area contributed by atoms with Gasteiger partial charge in [0.05, 0.1) is 10.9 Å². The molecule has 3 aromatic carbocycles. The summed E-state index contributed by atoms with van der Waals surface area (Å²) in [5.41, 5.74) is 8.75. The molecule has 9 heteroatoms. The number of hydrogen-bond acceptors (Lipinski definition) is 6. The van der Waals surface area contributed by atoms with E-state index in [4.69, 9.17) is 14.9 Å². The lowest BCUT2D eigenvalue weighted by molar-refractivity contribution is 0.0999. The van der Waals surface area contributed by atoms with Gasteiger partial charge in [0.25, 0.3) is 5.91 Å². The summed E-state index contributed by atoms with van der Waals surface area (Å²) < 4.78 is 32.1. The van der Waals surface area contributed by atoms with Crippen LogP contribution >= 0.6 is 0 Å². The lowest BCUT2D eigenvalue weighted by Gasteiger charge is -2.23. The first-order valence-corrected chi connectivity index (χ1v) is 13.1. The highest BCUT2D eigenvalue weighted by Crippen LogP contribution is 2.33. The van der Waals surface area contributed by atoms with Crippen LogP contribution in [0.25, 0.3) is 5.76 Å². The summed E-state index contributed by atoms with van der Waals surface area (Å²) in [6.45, 7) is 3.86. The Morgan fingerprint density at radius 1 is 1.03 bits per heavy atom. The number of carbonyl (C=O) groups is 1. The number of piperidine rings is 1. The maximum absolute atomic E-state index is 13.2. The van der Waals surface area contributed by atoms with E-state index in [1.54, 1.807) is 30.3 Å². The lowest BCUT2D eigenvalue weighted by atomic mass is 9.90. The van der Waals surface area contributed by atoms with E-state index in [2.05, 4.69) is 17.4 Å². The topological polar surface area (TPSA) is 142 Å². The van der Waals surface area contributed by atoms with Gasteiger partial charge in [0.2, 0.25) is 0 Å². The number of nitrogens with one attached hydrogen (secondary N) is 1. The molecular formula is C27H29N3O5S. The Hall–Kier alpha value is -3.53. The first-order chi connectivity index (χ1) is 16.8. The summed E-state index contributed by atoms with van der Waals surface area (Å²) in [7, 11) is -4.12. The van der Waals surface area contributed by atoms with Crippen LogP contribution in [0, 0.1) is 6.92 Å². The van der Waals surface area contributed by atoms with Crippen LogP contribution in [-0.2, 0) is 14.3 Å². The van der Waals surface area contributed by atoms with Gasteiger partial charge in [0.1, 0.15) is 10.9 Å². The molecule has 2 aliphatic heterocycles. The van der Waals surface area contributed by atoms with Gasteiger partial charge in [0, 0.05) is 11.8 Å². The van der Waals surface area contributed by atoms with Gasteiger partial charge in [-0.2, -0.15) is 8.42 Å². The van der Waals surface area contributed by atoms with Gasteiger partial charge in [-0.15, -0.1) is 0 Å². The van der Waals surface area contributed by atoms with Crippen molar-refractivity contribution in [1.82, 2.24) is 5.32 Å². The molecule has 2 atom stereocenters. The molecule has 3 aromatic rings. The summed E-state index contributed by atoms with van der Waals surface area (Å²) in [5.74, 6) is -0.0264. The number of para-hydroxylation sites is 1. The maximum Gasteiger partial charge on any atom is 0.339 e. The summed E-state index contributed by atoms with van der Waals surface area (Å²) in [6.07, 6.45) is 2.26. The molecule has 2 aliphatic rings. The molecule has 1 fully saturated rings. The van der Waals surface area contributed by atoms with E-state index < -0.39 is 22.1 Å². The van der Waals surface area contributed by atoms with E-state index >= 15 is 0 Å². The van der Waals surface area contributed by atoms with Gasteiger partial charge in [-0.25, -0.2) is 0 Å². The number of carbonyl (C=O) groups excluding carboxylic acids is 1. The van der Waals surface area contributed by atoms with Crippen LogP contribution in [0.1, 0.15) is 51.8 Å². The lowest BCUT2D eigenvalue weighted by Crippen LogP contribution is -2.32. The van der Waals surface area contributed by atoms with Crippen LogP contribution < -0.4 is 21.6 Å². The minimum Gasteiger partial charge on any atom is -0.412 e. The molecule has 2 heterocycles. The minimum atomic E-state index is -4.12. The van der Waals surface area contributed by atoms with E-state index in [0.717, 1.165) is 37.1 Å². The number of benzene rings is 3. The second-order valence-corrected chi connectivity index (χ2v) is 10.6. The van der Waals surface area contributed by atoms with Crippen LogP contribution in [0.2, 0.25) is 0 Å². The van der Waals surface area contributed by atoms with Crippen molar-refractivity contribution in [2.24, 2.45) is 10.7 Å². The van der Waals surface area contributed by atoms with Crippen molar-refractivity contribution in [2.75, 3.05) is 13.1 Å². The maximum atomic E-state index is 13.2. The Balaban J connectivity index is 0.00000304. The Morgan fingerprint density at radius 2 is 1.72 bits per heavy atom. The molecule has 0 radical (unpaired) electrons. The zero-order valence-electron chi connectivity index (χ0n) is 19.9. The minimum absolute atomic E-state index is 0. The first-order valence-electron chi connectivity index (χ1n) is 11.7. The molecule has 0 aliphatic carbocycles. The van der Waals surface area contributed by atoms with Gasteiger partial charge in [-0.05, 0) is 67.6 Å². The SMILES string of the molecule is Cc1ccc(S(=O)(=O)OC2=c3cccc(C(N)=O)c3=NC2c2ccc([C@@H]3CCCNC3)cc2)cc1.O. The molecule has 1 unspecified atom stereocenters. The van der Waals surface area contributed by atoms with Crippen molar-refractivity contribution >= 4 is 21.8 Å². The monoisotopic (exact) mass is 507 g/mol. The Morgan fingerprint density at radius 3 is 2.36 bits per heavy atom. The highest BCUT2D eigenvalue weighted by atomic mass is 32.2. The molecule has 1 saturated heterocycles. The van der Waals surface area contributed by atoms with Crippen molar-refractivity contribution in [3.05, 3.63) is 99.6 Å². The van der Waals surface area contributed by atoms with Crippen LogP contribution in [0.5, 0.6) is 0 Å². The second kappa shape index (κ2) is 10.2. The summed E-state index contributed by atoms with van der Waals surface area (Å²) in [5, 5.41) is 4.22. The molecule has 36 heavy (non-hydrogen) atoms. The molecular weight excluding hydrogens is 478 g/mol.